The molecule has 0 saturated carbocycles. The molecule has 1 aromatic rings. The van der Waals surface area contributed by atoms with Crippen molar-refractivity contribution in [1.82, 2.24) is 0 Å². The molecule has 2 N–H and O–H groups in total. The molecule has 0 radical (unpaired) electrons. The van der Waals surface area contributed by atoms with Gasteiger partial charge in [-0.1, -0.05) is 15.9 Å². The zero-order valence-corrected chi connectivity index (χ0v) is 12.8. The molecule has 112 valence electrons. The van der Waals surface area contributed by atoms with Crippen LogP contribution in [0, 0.1) is 0 Å². The maximum Gasteiger partial charge on any atom is 0.417 e. The summed E-state index contributed by atoms with van der Waals surface area (Å²) < 4.78 is 10.2. The van der Waals surface area contributed by atoms with Crippen LogP contribution in [0.1, 0.15) is 12.5 Å². The van der Waals surface area contributed by atoms with E-state index in [9.17, 15) is 14.4 Å². The minimum Gasteiger partial charge on any atom is -0.458 e. The van der Waals surface area contributed by atoms with E-state index in [1.54, 1.807) is 19.1 Å². The summed E-state index contributed by atoms with van der Waals surface area (Å²) in [6.45, 7) is 1.71. The van der Waals surface area contributed by atoms with Gasteiger partial charge in [0.25, 0.3) is 0 Å². The predicted octanol–water partition coefficient (Wildman–Crippen LogP) is 1.42. The summed E-state index contributed by atoms with van der Waals surface area (Å²) in [5.74, 6) is -2.30. The van der Waals surface area contributed by atoms with Crippen molar-refractivity contribution >= 4 is 45.2 Å². The molecular formula is C13H13BrN2O5. The molecule has 8 heteroatoms. The van der Waals surface area contributed by atoms with Crippen molar-refractivity contribution in [2.45, 2.75) is 13.5 Å². The van der Waals surface area contributed by atoms with E-state index in [2.05, 4.69) is 31.3 Å². The molecule has 2 rings (SSSR count). The summed E-state index contributed by atoms with van der Waals surface area (Å²) in [6.07, 6.45) is 0. The van der Waals surface area contributed by atoms with E-state index in [4.69, 9.17) is 4.74 Å². The van der Waals surface area contributed by atoms with Crippen molar-refractivity contribution in [3.8, 4) is 0 Å². The number of hydrogen-bond donors (Lipinski definition) is 2. The average Bonchev–Trinajstić information content (AvgIpc) is 2.45. The van der Waals surface area contributed by atoms with Crippen molar-refractivity contribution in [2.75, 3.05) is 23.8 Å². The van der Waals surface area contributed by atoms with E-state index in [1.165, 1.54) is 0 Å². The Balaban J connectivity index is 2.13. The summed E-state index contributed by atoms with van der Waals surface area (Å²) in [6, 6.07) is 3.50. The third-order valence-electron chi connectivity index (χ3n) is 2.69. The second-order valence-corrected chi connectivity index (χ2v) is 5.10. The van der Waals surface area contributed by atoms with Crippen molar-refractivity contribution < 1.29 is 23.9 Å². The van der Waals surface area contributed by atoms with E-state index < -0.39 is 11.9 Å². The third kappa shape index (κ3) is 3.72. The number of halogens is 1. The smallest absolute Gasteiger partial charge is 0.417 e. The summed E-state index contributed by atoms with van der Waals surface area (Å²) in [5, 5.41) is 5.65. The lowest BCUT2D eigenvalue weighted by Gasteiger charge is -2.22. The fourth-order valence-electron chi connectivity index (χ4n) is 1.82. The van der Waals surface area contributed by atoms with Gasteiger partial charge in [-0.3, -0.25) is 4.79 Å². The first kappa shape index (κ1) is 15.3. The zero-order valence-electron chi connectivity index (χ0n) is 11.2. The van der Waals surface area contributed by atoms with Crippen LogP contribution in [0.15, 0.2) is 16.6 Å². The number of ether oxygens (including phenoxy) is 2. The van der Waals surface area contributed by atoms with Gasteiger partial charge in [0, 0.05) is 10.0 Å². The van der Waals surface area contributed by atoms with Crippen LogP contribution in [0.5, 0.6) is 0 Å². The number of hydrogen-bond acceptors (Lipinski definition) is 6. The van der Waals surface area contributed by atoms with E-state index in [0.29, 0.717) is 16.9 Å². The number of nitrogens with one attached hydrogen (secondary N) is 2. The van der Waals surface area contributed by atoms with E-state index in [0.717, 1.165) is 4.47 Å². The van der Waals surface area contributed by atoms with Gasteiger partial charge in [0.1, 0.15) is 6.61 Å². The topological polar surface area (TPSA) is 93.7 Å². The lowest BCUT2D eigenvalue weighted by atomic mass is 10.1. The molecule has 7 nitrogen and oxygen atoms in total. The monoisotopic (exact) mass is 356 g/mol. The van der Waals surface area contributed by atoms with Crippen LogP contribution >= 0.6 is 15.9 Å². The molecule has 1 aromatic carbocycles. The van der Waals surface area contributed by atoms with Crippen LogP contribution in [-0.4, -0.2) is 31.0 Å². The highest BCUT2D eigenvalue weighted by Crippen LogP contribution is 2.33. The van der Waals surface area contributed by atoms with Crippen molar-refractivity contribution in [1.29, 1.82) is 0 Å². The van der Waals surface area contributed by atoms with Crippen LogP contribution < -0.4 is 10.6 Å². The first-order valence-corrected chi connectivity index (χ1v) is 7.00. The third-order valence-corrected chi connectivity index (χ3v) is 3.15. The van der Waals surface area contributed by atoms with Gasteiger partial charge in [-0.15, -0.1) is 0 Å². The molecule has 0 bridgehead atoms. The molecule has 0 unspecified atom stereocenters. The van der Waals surface area contributed by atoms with Gasteiger partial charge in [-0.05, 0) is 19.1 Å². The normalized spacial score (nSPS) is 12.8. The van der Waals surface area contributed by atoms with Crippen LogP contribution in [0.3, 0.4) is 0 Å². The number of anilines is 2. The van der Waals surface area contributed by atoms with Gasteiger partial charge >= 0.3 is 11.9 Å². The summed E-state index contributed by atoms with van der Waals surface area (Å²) in [4.78, 5) is 34.0. The Labute approximate surface area is 129 Å². The average molecular weight is 357 g/mol. The number of esters is 2. The van der Waals surface area contributed by atoms with Gasteiger partial charge in [-0.2, -0.15) is 0 Å². The Hall–Kier alpha value is -2.09. The van der Waals surface area contributed by atoms with E-state index in [1.807, 2.05) is 0 Å². The highest BCUT2D eigenvalue weighted by Gasteiger charge is 2.21. The van der Waals surface area contributed by atoms with Crippen LogP contribution in [0.25, 0.3) is 0 Å². The minimum atomic E-state index is -1.07. The molecule has 0 aromatic heterocycles. The molecule has 0 saturated heterocycles. The van der Waals surface area contributed by atoms with Gasteiger partial charge in [0.05, 0.1) is 24.5 Å². The number of amides is 1. The molecule has 21 heavy (non-hydrogen) atoms. The molecule has 1 amide bonds. The van der Waals surface area contributed by atoms with Crippen molar-refractivity contribution in [3.63, 3.8) is 0 Å². The Morgan fingerprint density at radius 1 is 1.29 bits per heavy atom. The van der Waals surface area contributed by atoms with Crippen LogP contribution in [0.2, 0.25) is 0 Å². The SMILES string of the molecule is CCOC(=O)C(=O)OCc1cc(Br)cc2c1NC(=O)CN2. The lowest BCUT2D eigenvalue weighted by Crippen LogP contribution is -2.28. The predicted molar refractivity (Wildman–Crippen MR) is 77.7 cm³/mol. The highest BCUT2D eigenvalue weighted by molar-refractivity contribution is 9.10. The number of carbonyl (C=O) groups excluding carboxylic acids is 3. The number of benzene rings is 1. The van der Waals surface area contributed by atoms with Crippen LogP contribution in [0.4, 0.5) is 11.4 Å². The molecule has 0 fully saturated rings. The fourth-order valence-corrected chi connectivity index (χ4v) is 2.32. The van der Waals surface area contributed by atoms with Gasteiger partial charge in [-0.25, -0.2) is 9.59 Å². The van der Waals surface area contributed by atoms with Gasteiger partial charge in [0.15, 0.2) is 0 Å². The minimum absolute atomic E-state index is 0.0974. The molecule has 0 spiro atoms. The van der Waals surface area contributed by atoms with E-state index >= 15 is 0 Å². The maximum atomic E-state index is 11.4. The van der Waals surface area contributed by atoms with Crippen LogP contribution in [-0.2, 0) is 30.5 Å². The lowest BCUT2D eigenvalue weighted by molar-refractivity contribution is -0.168. The Bertz CT molecular complexity index is 602. The Kier molecular flexibility index (Phi) is 4.79. The quantitative estimate of drug-likeness (QED) is 0.628. The van der Waals surface area contributed by atoms with Gasteiger partial charge in [0.2, 0.25) is 5.91 Å². The second-order valence-electron chi connectivity index (χ2n) is 4.19. The molecule has 1 aliphatic heterocycles. The second kappa shape index (κ2) is 6.57. The zero-order chi connectivity index (χ0) is 15.4. The fraction of sp³-hybridized carbons (Fsp3) is 0.308. The summed E-state index contributed by atoms with van der Waals surface area (Å²) in [7, 11) is 0. The van der Waals surface area contributed by atoms with Crippen molar-refractivity contribution in [2.24, 2.45) is 0 Å². The van der Waals surface area contributed by atoms with E-state index in [-0.39, 0.29) is 25.7 Å². The number of carbonyl (C=O) groups is 3. The molecule has 0 aliphatic carbocycles. The Morgan fingerprint density at radius 3 is 2.71 bits per heavy atom. The Morgan fingerprint density at radius 2 is 2.00 bits per heavy atom. The highest BCUT2D eigenvalue weighted by atomic mass is 79.9. The first-order valence-electron chi connectivity index (χ1n) is 6.21. The largest absolute Gasteiger partial charge is 0.458 e. The maximum absolute atomic E-state index is 11.4. The molecule has 1 aliphatic rings. The standard InChI is InChI=1S/C13H13BrN2O5/c1-2-20-12(18)13(19)21-6-7-3-8(14)4-9-11(7)16-10(17)5-15-9/h3-4,15H,2,5-6H2,1H3,(H,16,17). The number of fused-ring (bicyclic) bond motifs is 1. The first-order chi connectivity index (χ1) is 10.0. The summed E-state index contributed by atoms with van der Waals surface area (Å²) in [5.41, 5.74) is 1.81. The van der Waals surface area contributed by atoms with Crippen molar-refractivity contribution in [3.05, 3.63) is 22.2 Å². The molecule has 1 heterocycles. The summed E-state index contributed by atoms with van der Waals surface area (Å²) >= 11 is 3.33. The molecule has 0 atom stereocenters. The van der Waals surface area contributed by atoms with Gasteiger partial charge < -0.3 is 20.1 Å². The number of rotatable bonds is 3. The molecular weight excluding hydrogens is 344 g/mol.